The minimum Gasteiger partial charge on any atom is -0.383 e. The number of likely N-dealkylation sites (N-methyl/N-ethyl adjacent to an activating group) is 1. The van der Waals surface area contributed by atoms with E-state index in [-0.39, 0.29) is 0 Å². The van der Waals surface area contributed by atoms with Gasteiger partial charge in [-0.3, -0.25) is 0 Å². The lowest BCUT2D eigenvalue weighted by molar-refractivity contribution is 0.189. The Labute approximate surface area is 123 Å². The normalized spacial score (nSPS) is 21.5. The Hall–Kier alpha value is -0.210. The summed E-state index contributed by atoms with van der Waals surface area (Å²) in [5, 5.41) is 3.31. The summed E-state index contributed by atoms with van der Waals surface area (Å²) in [7, 11) is 0.760. The van der Waals surface area contributed by atoms with E-state index < -0.39 is 10.0 Å². The van der Waals surface area contributed by atoms with E-state index in [2.05, 4.69) is 17.3 Å². The molecule has 20 heavy (non-hydrogen) atoms. The van der Waals surface area contributed by atoms with E-state index in [0.29, 0.717) is 19.0 Å². The van der Waals surface area contributed by atoms with Crippen LogP contribution < -0.4 is 5.32 Å². The Morgan fingerprint density at radius 3 is 2.80 bits per heavy atom. The quantitative estimate of drug-likeness (QED) is 0.599. The highest BCUT2D eigenvalue weighted by Gasteiger charge is 2.26. The van der Waals surface area contributed by atoms with Gasteiger partial charge < -0.3 is 15.0 Å². The third kappa shape index (κ3) is 6.99. The Kier molecular flexibility index (Phi) is 7.98. The number of methoxy groups -OCH3 is 1. The lowest BCUT2D eigenvalue weighted by atomic mass is 9.99. The van der Waals surface area contributed by atoms with Gasteiger partial charge in [0.2, 0.25) is 10.0 Å². The molecule has 120 valence electrons. The fourth-order valence-electron chi connectivity index (χ4n) is 2.58. The highest BCUT2D eigenvalue weighted by molar-refractivity contribution is 7.88. The molecule has 0 aromatic carbocycles. The molecule has 0 bridgehead atoms. The molecule has 1 rings (SSSR count). The van der Waals surface area contributed by atoms with Crippen LogP contribution in [0.15, 0.2) is 0 Å². The van der Waals surface area contributed by atoms with Gasteiger partial charge in [-0.1, -0.05) is 0 Å². The molecule has 0 aromatic rings. The minimum absolute atomic E-state index is 0.447. The molecule has 0 radical (unpaired) electrons. The van der Waals surface area contributed by atoms with Gasteiger partial charge in [0.05, 0.1) is 12.9 Å². The molecule has 1 heterocycles. The first-order chi connectivity index (χ1) is 9.43. The monoisotopic (exact) mass is 307 g/mol. The highest BCUT2D eigenvalue weighted by Crippen LogP contribution is 2.19. The van der Waals surface area contributed by atoms with Crippen LogP contribution in [0.1, 0.15) is 12.8 Å². The maximum atomic E-state index is 11.6. The smallest absolute Gasteiger partial charge is 0.211 e. The molecule has 1 saturated heterocycles. The number of hydrogen-bond acceptors (Lipinski definition) is 5. The van der Waals surface area contributed by atoms with Crippen molar-refractivity contribution < 1.29 is 13.2 Å². The van der Waals surface area contributed by atoms with Gasteiger partial charge in [-0.25, -0.2) is 12.7 Å². The second kappa shape index (κ2) is 8.94. The van der Waals surface area contributed by atoms with Crippen molar-refractivity contribution in [1.82, 2.24) is 14.5 Å². The molecule has 1 atom stereocenters. The zero-order valence-electron chi connectivity index (χ0n) is 13.0. The lowest BCUT2D eigenvalue weighted by Crippen LogP contribution is -2.43. The summed E-state index contributed by atoms with van der Waals surface area (Å²) in [6.45, 7) is 5.81. The molecule has 0 spiro atoms. The van der Waals surface area contributed by atoms with Crippen molar-refractivity contribution in [2.75, 3.05) is 66.3 Å². The number of nitrogens with one attached hydrogen (secondary N) is 1. The highest BCUT2D eigenvalue weighted by atomic mass is 32.2. The molecule has 0 aromatic heterocycles. The fraction of sp³-hybridized carbons (Fsp3) is 1.00. The van der Waals surface area contributed by atoms with Crippen LogP contribution in [0.25, 0.3) is 0 Å². The maximum absolute atomic E-state index is 11.6. The van der Waals surface area contributed by atoms with Gasteiger partial charge in [0.1, 0.15) is 0 Å². The Morgan fingerprint density at radius 2 is 2.15 bits per heavy atom. The molecule has 0 saturated carbocycles. The van der Waals surface area contributed by atoms with Crippen LogP contribution >= 0.6 is 0 Å². The molecule has 1 fully saturated rings. The first-order valence-corrected chi connectivity index (χ1v) is 9.11. The molecule has 1 unspecified atom stereocenters. The SMILES string of the molecule is COCCNCCN(C)CC1CCCN(S(C)(=O)=O)C1. The number of hydrogen-bond donors (Lipinski definition) is 1. The van der Waals surface area contributed by atoms with Crippen molar-refractivity contribution in [3.05, 3.63) is 0 Å². The lowest BCUT2D eigenvalue weighted by Gasteiger charge is -2.33. The van der Waals surface area contributed by atoms with Crippen LogP contribution in [0.5, 0.6) is 0 Å². The summed E-state index contributed by atoms with van der Waals surface area (Å²) >= 11 is 0. The van der Waals surface area contributed by atoms with Crippen LogP contribution in [-0.4, -0.2) is 83.9 Å². The van der Waals surface area contributed by atoms with E-state index in [0.717, 1.165) is 45.6 Å². The van der Waals surface area contributed by atoms with Crippen LogP contribution in [0, 0.1) is 5.92 Å². The zero-order valence-corrected chi connectivity index (χ0v) is 13.8. The number of sulfonamides is 1. The molecule has 0 aliphatic carbocycles. The van der Waals surface area contributed by atoms with Crippen LogP contribution in [0.2, 0.25) is 0 Å². The molecule has 0 amide bonds. The number of rotatable bonds is 9. The van der Waals surface area contributed by atoms with Gasteiger partial charge in [0, 0.05) is 46.4 Å². The van der Waals surface area contributed by atoms with Crippen molar-refractivity contribution in [3.8, 4) is 0 Å². The first-order valence-electron chi connectivity index (χ1n) is 7.27. The summed E-state index contributed by atoms with van der Waals surface area (Å²) < 4.78 is 29.8. The minimum atomic E-state index is -3.03. The summed E-state index contributed by atoms with van der Waals surface area (Å²) in [6.07, 6.45) is 3.39. The number of piperidine rings is 1. The molecule has 6 nitrogen and oxygen atoms in total. The van der Waals surface area contributed by atoms with Crippen molar-refractivity contribution in [2.45, 2.75) is 12.8 Å². The third-order valence-corrected chi connectivity index (χ3v) is 4.94. The number of ether oxygens (including phenoxy) is 1. The van der Waals surface area contributed by atoms with Crippen molar-refractivity contribution in [2.24, 2.45) is 5.92 Å². The standard InChI is InChI=1S/C13H29N3O3S/c1-15(9-6-14-7-10-19-2)11-13-5-4-8-16(12-13)20(3,17)18/h13-14H,4-12H2,1-3H3. The summed E-state index contributed by atoms with van der Waals surface area (Å²) in [4.78, 5) is 2.27. The second-order valence-corrected chi connectivity index (χ2v) is 7.62. The van der Waals surface area contributed by atoms with Crippen LogP contribution in [0.3, 0.4) is 0 Å². The van der Waals surface area contributed by atoms with Gasteiger partial charge >= 0.3 is 0 Å². The van der Waals surface area contributed by atoms with Gasteiger partial charge in [-0.05, 0) is 25.8 Å². The van der Waals surface area contributed by atoms with Crippen LogP contribution in [-0.2, 0) is 14.8 Å². The number of nitrogens with zero attached hydrogens (tertiary/aromatic N) is 2. The van der Waals surface area contributed by atoms with E-state index >= 15 is 0 Å². The maximum Gasteiger partial charge on any atom is 0.211 e. The van der Waals surface area contributed by atoms with Gasteiger partial charge in [-0.15, -0.1) is 0 Å². The molecule has 1 N–H and O–H groups in total. The summed E-state index contributed by atoms with van der Waals surface area (Å²) in [5.74, 6) is 0.447. The van der Waals surface area contributed by atoms with E-state index in [1.807, 2.05) is 0 Å². The largest absolute Gasteiger partial charge is 0.383 e. The van der Waals surface area contributed by atoms with Gasteiger partial charge in [-0.2, -0.15) is 0 Å². The van der Waals surface area contributed by atoms with E-state index in [1.54, 1.807) is 11.4 Å². The van der Waals surface area contributed by atoms with E-state index in [1.165, 1.54) is 6.26 Å². The van der Waals surface area contributed by atoms with E-state index in [4.69, 9.17) is 4.74 Å². The third-order valence-electron chi connectivity index (χ3n) is 3.67. The fourth-order valence-corrected chi connectivity index (χ4v) is 3.52. The average Bonchev–Trinajstić information content (AvgIpc) is 2.38. The molecule has 7 heteroatoms. The predicted octanol–water partition coefficient (Wildman–Crippen LogP) is -0.174. The second-order valence-electron chi connectivity index (χ2n) is 5.63. The molecular weight excluding hydrogens is 278 g/mol. The van der Waals surface area contributed by atoms with Gasteiger partial charge in [0.15, 0.2) is 0 Å². The van der Waals surface area contributed by atoms with Gasteiger partial charge in [0.25, 0.3) is 0 Å². The van der Waals surface area contributed by atoms with Crippen molar-refractivity contribution in [1.29, 1.82) is 0 Å². The average molecular weight is 307 g/mol. The molecule has 1 aliphatic heterocycles. The predicted molar refractivity (Wildman–Crippen MR) is 81.4 cm³/mol. The van der Waals surface area contributed by atoms with E-state index in [9.17, 15) is 8.42 Å². The topological polar surface area (TPSA) is 61.9 Å². The first kappa shape index (κ1) is 17.8. The molecule has 1 aliphatic rings. The summed E-state index contributed by atoms with van der Waals surface area (Å²) in [5.41, 5.74) is 0. The summed E-state index contributed by atoms with van der Waals surface area (Å²) in [6, 6.07) is 0. The van der Waals surface area contributed by atoms with Crippen molar-refractivity contribution >= 4 is 10.0 Å². The Morgan fingerprint density at radius 1 is 1.40 bits per heavy atom. The van der Waals surface area contributed by atoms with Crippen molar-refractivity contribution in [3.63, 3.8) is 0 Å². The Bertz CT molecular complexity index is 362. The molecular formula is C13H29N3O3S. The zero-order chi connectivity index (χ0) is 15.0. The Balaban J connectivity index is 2.22. The van der Waals surface area contributed by atoms with Crippen LogP contribution in [0.4, 0.5) is 0 Å².